The Morgan fingerprint density at radius 1 is 1.12 bits per heavy atom. The second kappa shape index (κ2) is 7.03. The largest absolute Gasteiger partial charge is 0.507 e. The Hall–Kier alpha value is -1.88. The monoisotopic (exact) mass is 375 g/mol. The lowest BCUT2D eigenvalue weighted by Crippen LogP contribution is -2.17. The van der Waals surface area contributed by atoms with Crippen molar-refractivity contribution in [3.8, 4) is 16.3 Å². The first-order valence-corrected chi connectivity index (χ1v) is 9.70. The maximum Gasteiger partial charge on any atom is 0.350 e. The molecule has 142 valence electrons. The number of phenols is 1. The van der Waals surface area contributed by atoms with Gasteiger partial charge in [0.2, 0.25) is 0 Å². The highest BCUT2D eigenvalue weighted by Crippen LogP contribution is 2.42. The average Bonchev–Trinajstić information content (AvgIpc) is 2.87. The second-order valence-electron chi connectivity index (χ2n) is 8.57. The third-order valence-corrected chi connectivity index (χ3v) is 5.42. The summed E-state index contributed by atoms with van der Waals surface area (Å²) in [5.74, 6) is 0.00672. The van der Waals surface area contributed by atoms with Crippen LogP contribution in [0, 0.1) is 6.92 Å². The number of hydrogen-bond donors (Lipinski definition) is 1. The Morgan fingerprint density at radius 3 is 2.04 bits per heavy atom. The minimum atomic E-state index is -0.334. The average molecular weight is 376 g/mol. The quantitative estimate of drug-likeness (QED) is 0.710. The normalized spacial score (nSPS) is 12.3. The number of aryl methyl sites for hydroxylation is 1. The molecule has 0 radical (unpaired) electrons. The number of esters is 1. The fourth-order valence-corrected chi connectivity index (χ4v) is 3.75. The molecule has 0 aliphatic rings. The number of ether oxygens (including phenoxy) is 1. The molecular weight excluding hydrogens is 346 g/mol. The van der Waals surface area contributed by atoms with Crippen molar-refractivity contribution in [2.45, 2.75) is 66.2 Å². The number of benzene rings is 1. The SMILES string of the molecule is CCOC(=O)c1sc(-c2cc(C(C)(C)C)c(O)c(C(C)(C)C)c2)nc1C. The van der Waals surface area contributed by atoms with Crippen LogP contribution < -0.4 is 0 Å². The Kier molecular flexibility index (Phi) is 5.52. The minimum absolute atomic E-state index is 0.212. The molecule has 0 fully saturated rings. The van der Waals surface area contributed by atoms with Gasteiger partial charge in [0, 0.05) is 16.7 Å². The van der Waals surface area contributed by atoms with Crippen LogP contribution in [0.1, 0.15) is 75.0 Å². The topological polar surface area (TPSA) is 59.4 Å². The lowest BCUT2D eigenvalue weighted by Gasteiger charge is -2.28. The predicted octanol–water partition coefficient (Wildman–Crippen LogP) is 5.60. The van der Waals surface area contributed by atoms with Crippen molar-refractivity contribution in [2.24, 2.45) is 0 Å². The van der Waals surface area contributed by atoms with E-state index in [1.165, 1.54) is 11.3 Å². The van der Waals surface area contributed by atoms with Crippen molar-refractivity contribution in [2.75, 3.05) is 6.61 Å². The van der Waals surface area contributed by atoms with Crippen molar-refractivity contribution < 1.29 is 14.6 Å². The molecule has 0 aliphatic heterocycles. The van der Waals surface area contributed by atoms with Crippen LogP contribution in [-0.2, 0) is 15.6 Å². The van der Waals surface area contributed by atoms with Crippen molar-refractivity contribution in [3.63, 3.8) is 0 Å². The number of aromatic nitrogens is 1. The van der Waals surface area contributed by atoms with Crippen LogP contribution in [0.2, 0.25) is 0 Å². The number of carbonyl (C=O) groups is 1. The fraction of sp³-hybridized carbons (Fsp3) is 0.524. The van der Waals surface area contributed by atoms with Crippen molar-refractivity contribution in [1.29, 1.82) is 0 Å². The van der Waals surface area contributed by atoms with E-state index < -0.39 is 0 Å². The van der Waals surface area contributed by atoms with Gasteiger partial charge < -0.3 is 9.84 Å². The van der Waals surface area contributed by atoms with Crippen molar-refractivity contribution in [3.05, 3.63) is 33.8 Å². The van der Waals surface area contributed by atoms with Gasteiger partial charge in [-0.3, -0.25) is 0 Å². The third-order valence-electron chi connectivity index (χ3n) is 4.23. The summed E-state index contributed by atoms with van der Waals surface area (Å²) in [6.07, 6.45) is 0. The van der Waals surface area contributed by atoms with Gasteiger partial charge in [-0.05, 0) is 36.8 Å². The number of phenolic OH excluding ortho intramolecular Hbond substituents is 1. The van der Waals surface area contributed by atoms with Gasteiger partial charge in [-0.15, -0.1) is 11.3 Å². The summed E-state index contributed by atoms with van der Waals surface area (Å²) < 4.78 is 5.12. The van der Waals surface area contributed by atoms with Crippen LogP contribution in [-0.4, -0.2) is 22.7 Å². The molecule has 0 aliphatic carbocycles. The minimum Gasteiger partial charge on any atom is -0.507 e. The molecule has 0 unspecified atom stereocenters. The number of aromatic hydroxyl groups is 1. The number of thiazole rings is 1. The first-order valence-electron chi connectivity index (χ1n) is 8.89. The van der Waals surface area contributed by atoms with Crippen LogP contribution >= 0.6 is 11.3 Å². The molecule has 5 heteroatoms. The highest BCUT2D eigenvalue weighted by atomic mass is 32.1. The molecule has 2 rings (SSSR count). The van der Waals surface area contributed by atoms with E-state index in [1.807, 2.05) is 19.1 Å². The van der Waals surface area contributed by atoms with E-state index in [2.05, 4.69) is 46.5 Å². The summed E-state index contributed by atoms with van der Waals surface area (Å²) in [7, 11) is 0. The molecule has 1 heterocycles. The van der Waals surface area contributed by atoms with E-state index in [0.717, 1.165) is 21.7 Å². The molecule has 0 bridgehead atoms. The number of hydrogen-bond acceptors (Lipinski definition) is 5. The molecule has 0 atom stereocenters. The third kappa shape index (κ3) is 4.09. The Bertz CT molecular complexity index is 788. The molecule has 0 amide bonds. The number of carbonyl (C=O) groups excluding carboxylic acids is 1. The molecule has 1 N–H and O–H groups in total. The second-order valence-corrected chi connectivity index (χ2v) is 9.57. The summed E-state index contributed by atoms with van der Waals surface area (Å²) in [6.45, 7) is 16.4. The molecule has 4 nitrogen and oxygen atoms in total. The summed E-state index contributed by atoms with van der Waals surface area (Å²) >= 11 is 1.34. The van der Waals surface area contributed by atoms with Gasteiger partial charge in [-0.1, -0.05) is 41.5 Å². The van der Waals surface area contributed by atoms with Gasteiger partial charge in [-0.25, -0.2) is 9.78 Å². The molecule has 26 heavy (non-hydrogen) atoms. The number of nitrogens with zero attached hydrogens (tertiary/aromatic N) is 1. The molecule has 1 aromatic carbocycles. The smallest absolute Gasteiger partial charge is 0.350 e. The first kappa shape index (κ1) is 20.4. The Labute approximate surface area is 160 Å². The highest BCUT2D eigenvalue weighted by Gasteiger charge is 2.28. The zero-order valence-electron chi connectivity index (χ0n) is 17.0. The molecule has 0 saturated carbocycles. The Morgan fingerprint density at radius 2 is 1.62 bits per heavy atom. The molecule has 0 spiro atoms. The van der Waals surface area contributed by atoms with E-state index in [0.29, 0.717) is 22.9 Å². The number of rotatable bonds is 3. The van der Waals surface area contributed by atoms with Crippen LogP contribution in [0.4, 0.5) is 0 Å². The first-order chi connectivity index (χ1) is 11.9. The van der Waals surface area contributed by atoms with E-state index in [9.17, 15) is 9.90 Å². The maximum atomic E-state index is 12.1. The molecule has 2 aromatic rings. The van der Waals surface area contributed by atoms with Gasteiger partial charge in [0.15, 0.2) is 0 Å². The van der Waals surface area contributed by atoms with Crippen molar-refractivity contribution >= 4 is 17.3 Å². The standard InChI is InChI=1S/C21H29NO3S/c1-9-25-19(24)17-12(2)22-18(26-17)13-10-14(20(3,4)5)16(23)15(11-13)21(6,7)8/h10-11,23H,9H2,1-8H3. The maximum absolute atomic E-state index is 12.1. The predicted molar refractivity (Wildman–Crippen MR) is 107 cm³/mol. The zero-order valence-corrected chi connectivity index (χ0v) is 17.8. The summed E-state index contributed by atoms with van der Waals surface area (Å²) in [5, 5.41) is 11.6. The van der Waals surface area contributed by atoms with Crippen LogP contribution in [0.3, 0.4) is 0 Å². The summed E-state index contributed by atoms with van der Waals surface area (Å²) in [5.41, 5.74) is 2.93. The molecule has 0 saturated heterocycles. The van der Waals surface area contributed by atoms with E-state index in [-0.39, 0.29) is 16.8 Å². The van der Waals surface area contributed by atoms with Gasteiger partial charge in [0.05, 0.1) is 12.3 Å². The van der Waals surface area contributed by atoms with E-state index >= 15 is 0 Å². The van der Waals surface area contributed by atoms with E-state index in [4.69, 9.17) is 4.74 Å². The lowest BCUT2D eigenvalue weighted by molar-refractivity contribution is 0.0531. The van der Waals surface area contributed by atoms with Gasteiger partial charge >= 0.3 is 5.97 Å². The van der Waals surface area contributed by atoms with Crippen LogP contribution in [0.15, 0.2) is 12.1 Å². The fourth-order valence-electron chi connectivity index (χ4n) is 2.81. The highest BCUT2D eigenvalue weighted by molar-refractivity contribution is 7.17. The van der Waals surface area contributed by atoms with Crippen LogP contribution in [0.25, 0.3) is 10.6 Å². The summed E-state index contributed by atoms with van der Waals surface area (Å²) in [6, 6.07) is 3.97. The van der Waals surface area contributed by atoms with E-state index in [1.54, 1.807) is 6.92 Å². The molecular formula is C21H29NO3S. The van der Waals surface area contributed by atoms with Gasteiger partial charge in [0.1, 0.15) is 15.6 Å². The van der Waals surface area contributed by atoms with Crippen molar-refractivity contribution in [1.82, 2.24) is 4.98 Å². The van der Waals surface area contributed by atoms with Gasteiger partial charge in [0.25, 0.3) is 0 Å². The molecule has 1 aromatic heterocycles. The summed E-state index contributed by atoms with van der Waals surface area (Å²) in [4.78, 5) is 17.3. The lowest BCUT2D eigenvalue weighted by atomic mass is 9.78. The van der Waals surface area contributed by atoms with Gasteiger partial charge in [-0.2, -0.15) is 0 Å². The Balaban J connectivity index is 2.67. The van der Waals surface area contributed by atoms with Crippen LogP contribution in [0.5, 0.6) is 5.75 Å². The zero-order chi connectivity index (χ0) is 19.9.